The lowest BCUT2D eigenvalue weighted by Crippen LogP contribution is -2.31. The molecule has 4 rings (SSSR count). The smallest absolute Gasteiger partial charge is 0.123 e. The Bertz CT molecular complexity index is 1170. The highest BCUT2D eigenvalue weighted by molar-refractivity contribution is 6.08. The molecular weight excluding hydrogens is 423 g/mol. The number of pyridine rings is 1. The molecule has 1 N–H and O–H groups in total. The standard InChI is InChI=1S/C26H31FN4.ClH/c1-4-30(5-2)15-14-28-17-22-16-24-23-8-6-7-9-25(23)31(26(24)19(3)29-22)18-20-10-12-21(27)13-11-20;/h6-13,16,28H,4-5,14-15,17-18H2,1-3H3;1H. The summed E-state index contributed by atoms with van der Waals surface area (Å²) in [6.45, 7) is 12.1. The zero-order valence-corrected chi connectivity index (χ0v) is 19.9. The third-order valence-corrected chi connectivity index (χ3v) is 6.03. The average molecular weight is 455 g/mol. The molecule has 0 aliphatic rings. The van der Waals surface area contributed by atoms with Crippen molar-refractivity contribution in [2.75, 3.05) is 26.2 Å². The fourth-order valence-corrected chi connectivity index (χ4v) is 4.35. The number of nitrogens with one attached hydrogen (secondary N) is 1. The molecule has 2 aromatic carbocycles. The Morgan fingerprint density at radius 3 is 2.44 bits per heavy atom. The van der Waals surface area contributed by atoms with Gasteiger partial charge in [-0.25, -0.2) is 4.39 Å². The Morgan fingerprint density at radius 1 is 1.00 bits per heavy atom. The lowest BCUT2D eigenvalue weighted by Gasteiger charge is -2.18. The zero-order valence-electron chi connectivity index (χ0n) is 19.1. The van der Waals surface area contributed by atoms with Gasteiger partial charge in [0.15, 0.2) is 0 Å². The molecule has 0 aliphatic heterocycles. The summed E-state index contributed by atoms with van der Waals surface area (Å²) in [5, 5.41) is 6.00. The fraction of sp³-hybridized carbons (Fsp3) is 0.346. The number of likely N-dealkylation sites (N-methyl/N-ethyl adjacent to an activating group) is 1. The Hall–Kier alpha value is -2.47. The van der Waals surface area contributed by atoms with Gasteiger partial charge < -0.3 is 14.8 Å². The van der Waals surface area contributed by atoms with Crippen molar-refractivity contribution >= 4 is 34.2 Å². The Balaban J connectivity index is 0.00000289. The highest BCUT2D eigenvalue weighted by Gasteiger charge is 2.15. The number of fused-ring (bicyclic) bond motifs is 3. The van der Waals surface area contributed by atoms with Crippen molar-refractivity contribution in [3.05, 3.63) is 77.4 Å². The van der Waals surface area contributed by atoms with Gasteiger partial charge in [0, 0.05) is 42.5 Å². The van der Waals surface area contributed by atoms with Crippen LogP contribution in [0.3, 0.4) is 0 Å². The average Bonchev–Trinajstić information content (AvgIpc) is 3.10. The maximum atomic E-state index is 13.4. The van der Waals surface area contributed by atoms with E-state index >= 15 is 0 Å². The summed E-state index contributed by atoms with van der Waals surface area (Å²) in [4.78, 5) is 7.33. The molecule has 0 unspecified atom stereocenters. The monoisotopic (exact) mass is 454 g/mol. The van der Waals surface area contributed by atoms with Crippen LogP contribution in [0.1, 0.15) is 30.8 Å². The maximum Gasteiger partial charge on any atom is 0.123 e. The summed E-state index contributed by atoms with van der Waals surface area (Å²) >= 11 is 0. The first kappa shape index (κ1) is 24.2. The normalized spacial score (nSPS) is 11.4. The van der Waals surface area contributed by atoms with Crippen molar-refractivity contribution in [3.8, 4) is 0 Å². The lowest BCUT2D eigenvalue weighted by molar-refractivity contribution is 0.302. The van der Waals surface area contributed by atoms with Crippen molar-refractivity contribution in [1.82, 2.24) is 19.8 Å². The molecule has 0 amide bonds. The van der Waals surface area contributed by atoms with Gasteiger partial charge in [0.25, 0.3) is 0 Å². The third-order valence-electron chi connectivity index (χ3n) is 6.03. The molecule has 0 fully saturated rings. The number of hydrogen-bond acceptors (Lipinski definition) is 3. The lowest BCUT2D eigenvalue weighted by atomic mass is 10.1. The van der Waals surface area contributed by atoms with E-state index in [1.807, 2.05) is 12.1 Å². The molecule has 32 heavy (non-hydrogen) atoms. The van der Waals surface area contributed by atoms with Crippen molar-refractivity contribution in [3.63, 3.8) is 0 Å². The zero-order chi connectivity index (χ0) is 21.8. The van der Waals surface area contributed by atoms with Crippen LogP contribution in [-0.4, -0.2) is 40.6 Å². The number of nitrogens with zero attached hydrogens (tertiary/aromatic N) is 3. The Labute approximate surface area is 195 Å². The molecule has 2 heterocycles. The van der Waals surface area contributed by atoms with Crippen molar-refractivity contribution in [2.45, 2.75) is 33.9 Å². The molecule has 6 heteroatoms. The van der Waals surface area contributed by atoms with Crippen molar-refractivity contribution in [1.29, 1.82) is 0 Å². The number of aryl methyl sites for hydroxylation is 1. The van der Waals surface area contributed by atoms with Crippen LogP contribution in [0.4, 0.5) is 4.39 Å². The molecule has 0 saturated heterocycles. The topological polar surface area (TPSA) is 33.1 Å². The second-order valence-corrected chi connectivity index (χ2v) is 8.03. The number of rotatable bonds is 9. The van der Waals surface area contributed by atoms with Crippen LogP contribution in [0.5, 0.6) is 0 Å². The first-order chi connectivity index (χ1) is 15.1. The summed E-state index contributed by atoms with van der Waals surface area (Å²) in [5.41, 5.74) is 5.49. The summed E-state index contributed by atoms with van der Waals surface area (Å²) < 4.78 is 15.7. The van der Waals surface area contributed by atoms with Crippen LogP contribution in [-0.2, 0) is 13.1 Å². The van der Waals surface area contributed by atoms with Crippen LogP contribution < -0.4 is 5.32 Å². The van der Waals surface area contributed by atoms with Gasteiger partial charge in [-0.15, -0.1) is 12.4 Å². The SMILES string of the molecule is CCN(CC)CCNCc1cc2c3ccccc3n(Cc3ccc(F)cc3)c2c(C)n1.Cl. The minimum Gasteiger partial charge on any atom is -0.334 e. The van der Waals surface area contributed by atoms with Gasteiger partial charge in [0.1, 0.15) is 5.82 Å². The van der Waals surface area contributed by atoms with Crippen LogP contribution in [0.15, 0.2) is 54.6 Å². The van der Waals surface area contributed by atoms with Crippen LogP contribution in [0, 0.1) is 12.7 Å². The van der Waals surface area contributed by atoms with E-state index in [1.165, 1.54) is 28.4 Å². The van der Waals surface area contributed by atoms with E-state index in [1.54, 1.807) is 0 Å². The number of hydrogen-bond donors (Lipinski definition) is 1. The largest absolute Gasteiger partial charge is 0.334 e. The quantitative estimate of drug-likeness (QED) is 0.337. The summed E-state index contributed by atoms with van der Waals surface area (Å²) in [5.74, 6) is -0.207. The van der Waals surface area contributed by atoms with E-state index in [2.05, 4.69) is 65.9 Å². The molecule has 2 aromatic heterocycles. The van der Waals surface area contributed by atoms with Crippen molar-refractivity contribution in [2.24, 2.45) is 0 Å². The van der Waals surface area contributed by atoms with E-state index in [0.29, 0.717) is 6.54 Å². The molecule has 0 aliphatic carbocycles. The molecule has 4 nitrogen and oxygen atoms in total. The number of aromatic nitrogens is 2. The molecule has 0 saturated carbocycles. The second-order valence-electron chi connectivity index (χ2n) is 8.03. The number of para-hydroxylation sites is 1. The van der Waals surface area contributed by atoms with Gasteiger partial charge in [0.05, 0.1) is 16.9 Å². The van der Waals surface area contributed by atoms with Gasteiger partial charge in [-0.05, 0) is 49.8 Å². The second kappa shape index (κ2) is 10.9. The molecule has 0 bridgehead atoms. The van der Waals surface area contributed by atoms with Crippen LogP contribution in [0.25, 0.3) is 21.8 Å². The summed E-state index contributed by atoms with van der Waals surface area (Å²) in [7, 11) is 0. The van der Waals surface area contributed by atoms with Gasteiger partial charge in [-0.1, -0.05) is 44.2 Å². The summed E-state index contributed by atoms with van der Waals surface area (Å²) in [6.07, 6.45) is 0. The molecule has 0 radical (unpaired) electrons. The van der Waals surface area contributed by atoms with Gasteiger partial charge in [-0.2, -0.15) is 0 Å². The first-order valence-corrected chi connectivity index (χ1v) is 11.2. The van der Waals surface area contributed by atoms with Gasteiger partial charge in [0.2, 0.25) is 0 Å². The van der Waals surface area contributed by atoms with Crippen molar-refractivity contribution < 1.29 is 4.39 Å². The number of halogens is 2. The Morgan fingerprint density at radius 2 is 1.72 bits per heavy atom. The Kier molecular flexibility index (Phi) is 8.24. The molecule has 4 aromatic rings. The third kappa shape index (κ3) is 5.12. The maximum absolute atomic E-state index is 13.4. The van der Waals surface area contributed by atoms with E-state index in [-0.39, 0.29) is 18.2 Å². The number of benzene rings is 2. The summed E-state index contributed by atoms with van der Waals surface area (Å²) in [6, 6.07) is 17.5. The highest BCUT2D eigenvalue weighted by Crippen LogP contribution is 2.31. The fourth-order valence-electron chi connectivity index (χ4n) is 4.35. The van der Waals surface area contributed by atoms with Gasteiger partial charge >= 0.3 is 0 Å². The van der Waals surface area contributed by atoms with E-state index in [4.69, 9.17) is 4.98 Å². The molecular formula is C26H32ClFN4. The minimum atomic E-state index is -0.207. The van der Waals surface area contributed by atoms with E-state index < -0.39 is 0 Å². The minimum absolute atomic E-state index is 0. The van der Waals surface area contributed by atoms with E-state index in [0.717, 1.165) is 55.2 Å². The molecule has 0 atom stereocenters. The highest BCUT2D eigenvalue weighted by atomic mass is 35.5. The molecule has 0 spiro atoms. The van der Waals surface area contributed by atoms with E-state index in [9.17, 15) is 4.39 Å². The molecule has 170 valence electrons. The first-order valence-electron chi connectivity index (χ1n) is 11.2. The van der Waals surface area contributed by atoms with Crippen LogP contribution >= 0.6 is 12.4 Å². The predicted octanol–water partition coefficient (Wildman–Crippen LogP) is 5.54. The predicted molar refractivity (Wildman–Crippen MR) is 134 cm³/mol. The van der Waals surface area contributed by atoms with Crippen LogP contribution in [0.2, 0.25) is 0 Å². The van der Waals surface area contributed by atoms with Gasteiger partial charge in [-0.3, -0.25) is 4.98 Å².